The number of nitrogens with one attached hydrogen (secondary N) is 1. The van der Waals surface area contributed by atoms with Gasteiger partial charge in [0, 0.05) is 11.6 Å². The highest BCUT2D eigenvalue weighted by atomic mass is 32.2. The predicted molar refractivity (Wildman–Crippen MR) is 128 cm³/mol. The van der Waals surface area contributed by atoms with Crippen molar-refractivity contribution in [1.29, 1.82) is 0 Å². The number of nitrogens with zero attached hydrogens (tertiary/aromatic N) is 2. The highest BCUT2D eigenvalue weighted by Gasteiger charge is 2.29. The highest BCUT2D eigenvalue weighted by Crippen LogP contribution is 2.29. The van der Waals surface area contributed by atoms with E-state index < -0.39 is 27.4 Å². The quantitative estimate of drug-likeness (QED) is 0.363. The molecule has 0 aliphatic rings. The third-order valence-electron chi connectivity index (χ3n) is 5.29. The third-order valence-corrected chi connectivity index (χ3v) is 7.06. The van der Waals surface area contributed by atoms with Gasteiger partial charge in [0.05, 0.1) is 28.7 Å². The van der Waals surface area contributed by atoms with Gasteiger partial charge in [0.2, 0.25) is 5.91 Å². The summed E-state index contributed by atoms with van der Waals surface area (Å²) in [6.07, 6.45) is 0. The second-order valence-corrected chi connectivity index (χ2v) is 9.48. The average Bonchev–Trinajstić information content (AvgIpc) is 2.83. The number of sulfonamides is 1. The lowest BCUT2D eigenvalue weighted by Crippen LogP contribution is -2.41. The first kappa shape index (κ1) is 24.7. The van der Waals surface area contributed by atoms with Crippen LogP contribution in [0.1, 0.15) is 24.1 Å². The van der Waals surface area contributed by atoms with Crippen molar-refractivity contribution in [3.05, 3.63) is 94.0 Å². The fourth-order valence-corrected chi connectivity index (χ4v) is 4.82. The van der Waals surface area contributed by atoms with Crippen molar-refractivity contribution in [2.45, 2.75) is 24.8 Å². The lowest BCUT2D eigenvalue weighted by Gasteiger charge is -2.25. The highest BCUT2D eigenvalue weighted by molar-refractivity contribution is 7.92. The SMILES string of the molecule is COc1ccc(N(CC(=O)NC(C)c2ccccc2)S(=O)(=O)c2ccc(C)c([N+](=O)[O-])c2)cc1. The van der Waals surface area contributed by atoms with Gasteiger partial charge in [-0.25, -0.2) is 8.42 Å². The van der Waals surface area contributed by atoms with Crippen molar-refractivity contribution in [1.82, 2.24) is 5.32 Å². The Balaban J connectivity index is 1.97. The molecule has 10 heteroatoms. The van der Waals surface area contributed by atoms with Crippen molar-refractivity contribution in [3.63, 3.8) is 0 Å². The maximum atomic E-state index is 13.6. The second kappa shape index (κ2) is 10.3. The zero-order valence-corrected chi connectivity index (χ0v) is 19.8. The Bertz CT molecular complexity index is 1280. The molecular formula is C24H25N3O6S. The number of hydrogen-bond donors (Lipinski definition) is 1. The summed E-state index contributed by atoms with van der Waals surface area (Å²) in [4.78, 5) is 23.3. The van der Waals surface area contributed by atoms with Gasteiger partial charge in [0.15, 0.2) is 0 Å². The van der Waals surface area contributed by atoms with Crippen molar-refractivity contribution < 1.29 is 22.9 Å². The molecule has 1 atom stereocenters. The molecule has 1 N–H and O–H groups in total. The number of methoxy groups -OCH3 is 1. The molecule has 0 spiro atoms. The predicted octanol–water partition coefficient (Wildman–Crippen LogP) is 3.98. The minimum atomic E-state index is -4.31. The van der Waals surface area contributed by atoms with Gasteiger partial charge in [-0.05, 0) is 49.7 Å². The number of benzene rings is 3. The van der Waals surface area contributed by atoms with Crippen molar-refractivity contribution in [2.24, 2.45) is 0 Å². The van der Waals surface area contributed by atoms with Crippen LogP contribution in [0.25, 0.3) is 0 Å². The van der Waals surface area contributed by atoms with E-state index in [9.17, 15) is 23.3 Å². The van der Waals surface area contributed by atoms with Gasteiger partial charge in [0.1, 0.15) is 12.3 Å². The number of carbonyl (C=O) groups excluding carboxylic acids is 1. The number of hydrogen-bond acceptors (Lipinski definition) is 6. The number of carbonyl (C=O) groups is 1. The van der Waals surface area contributed by atoms with Gasteiger partial charge in [-0.3, -0.25) is 19.2 Å². The Morgan fingerprint density at radius 3 is 2.32 bits per heavy atom. The van der Waals surface area contributed by atoms with Crippen molar-refractivity contribution in [3.8, 4) is 5.75 Å². The van der Waals surface area contributed by atoms with E-state index in [4.69, 9.17) is 4.74 Å². The molecule has 3 aromatic rings. The minimum absolute atomic E-state index is 0.214. The van der Waals surface area contributed by atoms with Gasteiger partial charge in [-0.2, -0.15) is 0 Å². The average molecular weight is 484 g/mol. The number of nitro groups is 1. The largest absolute Gasteiger partial charge is 0.497 e. The number of rotatable bonds is 9. The molecule has 0 radical (unpaired) electrons. The van der Waals surface area contributed by atoms with Crippen LogP contribution in [0, 0.1) is 17.0 Å². The summed E-state index contributed by atoms with van der Waals surface area (Å²) in [5.74, 6) is -0.0217. The van der Waals surface area contributed by atoms with Gasteiger partial charge < -0.3 is 10.1 Å². The van der Waals surface area contributed by atoms with Gasteiger partial charge in [-0.1, -0.05) is 36.4 Å². The van der Waals surface area contributed by atoms with Crippen LogP contribution < -0.4 is 14.4 Å². The molecule has 0 aliphatic carbocycles. The zero-order valence-electron chi connectivity index (χ0n) is 19.0. The molecular weight excluding hydrogens is 458 g/mol. The van der Waals surface area contributed by atoms with E-state index in [2.05, 4.69) is 5.32 Å². The zero-order chi connectivity index (χ0) is 24.9. The Morgan fingerprint density at radius 2 is 1.74 bits per heavy atom. The van der Waals surface area contributed by atoms with Gasteiger partial charge in [0.25, 0.3) is 15.7 Å². The molecule has 1 amide bonds. The molecule has 9 nitrogen and oxygen atoms in total. The van der Waals surface area contributed by atoms with Crippen LogP contribution in [-0.4, -0.2) is 32.9 Å². The van der Waals surface area contributed by atoms with E-state index in [-0.39, 0.29) is 22.3 Å². The summed E-state index contributed by atoms with van der Waals surface area (Å²) in [6, 6.07) is 18.7. The number of anilines is 1. The van der Waals surface area contributed by atoms with Crippen LogP contribution >= 0.6 is 0 Å². The molecule has 0 aromatic heterocycles. The summed E-state index contributed by atoms with van der Waals surface area (Å²) >= 11 is 0. The van der Waals surface area contributed by atoms with E-state index in [1.807, 2.05) is 30.3 Å². The molecule has 3 aromatic carbocycles. The van der Waals surface area contributed by atoms with Crippen molar-refractivity contribution in [2.75, 3.05) is 18.0 Å². The van der Waals surface area contributed by atoms with Crippen molar-refractivity contribution >= 4 is 27.3 Å². The number of ether oxygens (including phenoxy) is 1. The number of aryl methyl sites for hydroxylation is 1. The fourth-order valence-electron chi connectivity index (χ4n) is 3.38. The Morgan fingerprint density at radius 1 is 1.09 bits per heavy atom. The summed E-state index contributed by atoms with van der Waals surface area (Å²) in [7, 11) is -2.84. The van der Waals surface area contributed by atoms with Gasteiger partial charge >= 0.3 is 0 Å². The Hall–Kier alpha value is -3.92. The fraction of sp³-hybridized carbons (Fsp3) is 0.208. The molecule has 34 heavy (non-hydrogen) atoms. The van der Waals surface area contributed by atoms with E-state index in [1.54, 1.807) is 19.1 Å². The molecule has 0 saturated heterocycles. The molecule has 0 heterocycles. The van der Waals surface area contributed by atoms with Crippen LogP contribution in [0.2, 0.25) is 0 Å². The first-order valence-electron chi connectivity index (χ1n) is 10.4. The normalized spacial score (nSPS) is 12.0. The van der Waals surface area contributed by atoms with Gasteiger partial charge in [-0.15, -0.1) is 0 Å². The van der Waals surface area contributed by atoms with E-state index >= 15 is 0 Å². The molecule has 178 valence electrons. The summed E-state index contributed by atoms with van der Waals surface area (Å²) < 4.78 is 33.2. The van der Waals surface area contributed by atoms with E-state index in [1.165, 1.54) is 38.3 Å². The summed E-state index contributed by atoms with van der Waals surface area (Å²) in [6.45, 7) is 2.80. The molecule has 0 bridgehead atoms. The smallest absolute Gasteiger partial charge is 0.273 e. The molecule has 0 fully saturated rings. The first-order chi connectivity index (χ1) is 16.1. The standard InChI is InChI=1S/C24H25N3O6S/c1-17-9-14-22(15-23(17)27(29)30)34(31,32)26(20-10-12-21(33-3)13-11-20)16-24(28)25-18(2)19-7-5-4-6-8-19/h4-15,18H,16H2,1-3H3,(H,25,28). The maximum Gasteiger partial charge on any atom is 0.273 e. The van der Waals surface area contributed by atoms with Crippen LogP contribution in [0.4, 0.5) is 11.4 Å². The van der Waals surface area contributed by atoms with E-state index in [0.29, 0.717) is 11.3 Å². The molecule has 3 rings (SSSR count). The minimum Gasteiger partial charge on any atom is -0.497 e. The molecule has 0 saturated carbocycles. The Labute approximate surface area is 198 Å². The topological polar surface area (TPSA) is 119 Å². The second-order valence-electron chi connectivity index (χ2n) is 7.61. The van der Waals surface area contributed by atoms with Crippen LogP contribution in [-0.2, 0) is 14.8 Å². The van der Waals surface area contributed by atoms with E-state index in [0.717, 1.165) is 15.9 Å². The van der Waals surface area contributed by atoms with Crippen LogP contribution in [0.5, 0.6) is 5.75 Å². The van der Waals surface area contributed by atoms with Crippen LogP contribution in [0.3, 0.4) is 0 Å². The monoisotopic (exact) mass is 483 g/mol. The first-order valence-corrected chi connectivity index (χ1v) is 11.8. The third kappa shape index (κ3) is 5.52. The number of nitro benzene ring substituents is 1. The lowest BCUT2D eigenvalue weighted by molar-refractivity contribution is -0.385. The maximum absolute atomic E-state index is 13.6. The summed E-state index contributed by atoms with van der Waals surface area (Å²) in [5, 5.41) is 14.2. The molecule has 0 aliphatic heterocycles. The lowest BCUT2D eigenvalue weighted by atomic mass is 10.1. The summed E-state index contributed by atoms with van der Waals surface area (Å²) in [5.41, 5.74) is 1.09. The molecule has 1 unspecified atom stereocenters. The number of amides is 1. The Kier molecular flexibility index (Phi) is 7.52. The van der Waals surface area contributed by atoms with Crippen LogP contribution in [0.15, 0.2) is 77.7 Å².